The minimum absolute atomic E-state index is 0. The molecule has 0 saturated carbocycles. The second kappa shape index (κ2) is 16.7. The number of benzene rings is 6. The molecule has 0 amide bonds. The number of hydrogen-bond acceptors (Lipinski definition) is 4. The fraction of sp³-hybridized carbons (Fsp3) is 0.276. The maximum absolute atomic E-state index is 6.96. The Morgan fingerprint density at radius 2 is 1.34 bits per heavy atom. The fourth-order valence-electron chi connectivity index (χ4n) is 8.72. The molecule has 1 aliphatic rings. The van der Waals surface area contributed by atoms with Gasteiger partial charge in [0.1, 0.15) is 5.82 Å². The smallest absolute Gasteiger partial charge is 0.135 e. The van der Waals surface area contributed by atoms with Gasteiger partial charge in [-0.05, 0) is 117 Å². The summed E-state index contributed by atoms with van der Waals surface area (Å²) < 4.78 is 9.19. The molecule has 0 bridgehead atoms. The summed E-state index contributed by atoms with van der Waals surface area (Å²) in [5.74, 6) is 2.40. The molecule has 1 aliphatic heterocycles. The molecule has 0 unspecified atom stereocenters. The molecule has 0 radical (unpaired) electrons. The fourth-order valence-corrected chi connectivity index (χ4v) is 8.72. The second-order valence-corrected chi connectivity index (χ2v) is 20.3. The van der Waals surface area contributed by atoms with Crippen LogP contribution in [0, 0.1) is 38.1 Å². The van der Waals surface area contributed by atoms with Crippen LogP contribution < -0.4 is 14.5 Å². The van der Waals surface area contributed by atoms with E-state index in [9.17, 15) is 0 Å². The number of aryl methyl sites for hydroxylation is 2. The number of aromatic nitrogens is 2. The molecule has 0 saturated heterocycles. The van der Waals surface area contributed by atoms with Crippen molar-refractivity contribution in [2.45, 2.75) is 99.8 Å². The van der Waals surface area contributed by atoms with Crippen molar-refractivity contribution in [1.29, 1.82) is 0 Å². The van der Waals surface area contributed by atoms with Crippen LogP contribution in [-0.4, -0.2) is 9.55 Å². The summed E-state index contributed by atoms with van der Waals surface area (Å²) in [5.41, 5.74) is 14.7. The molecule has 2 aromatic heterocycles. The van der Waals surface area contributed by atoms with E-state index >= 15 is 0 Å². The summed E-state index contributed by atoms with van der Waals surface area (Å²) in [6.07, 6.45) is 1.94. The summed E-state index contributed by atoms with van der Waals surface area (Å²) in [4.78, 5) is 9.55. The predicted octanol–water partition coefficient (Wildman–Crippen LogP) is 16.0. The van der Waals surface area contributed by atoms with E-state index in [1.54, 1.807) is 0 Å². The van der Waals surface area contributed by atoms with E-state index in [-0.39, 0.29) is 37.3 Å². The first-order chi connectivity index (χ1) is 29.9. The van der Waals surface area contributed by atoms with Crippen LogP contribution in [0.1, 0.15) is 103 Å². The first-order valence-electron chi connectivity index (χ1n) is 22.3. The number of fused-ring (bicyclic) bond motifs is 4. The molecule has 0 N–H and O–H groups in total. The van der Waals surface area contributed by atoms with Crippen LogP contribution in [0.3, 0.4) is 0 Å². The van der Waals surface area contributed by atoms with E-state index in [4.69, 9.17) is 9.72 Å². The van der Waals surface area contributed by atoms with Crippen molar-refractivity contribution < 1.29 is 25.8 Å². The second-order valence-electron chi connectivity index (χ2n) is 20.3. The Morgan fingerprint density at radius 3 is 2.06 bits per heavy atom. The van der Waals surface area contributed by atoms with Gasteiger partial charge in [-0.1, -0.05) is 129 Å². The quantitative estimate of drug-likeness (QED) is 0.142. The van der Waals surface area contributed by atoms with Crippen molar-refractivity contribution in [3.63, 3.8) is 0 Å². The third kappa shape index (κ3) is 8.06. The molecule has 6 aromatic carbocycles. The molecule has 8 aromatic rings. The Bertz CT molecular complexity index is 3030. The molecule has 9 rings (SSSR count). The van der Waals surface area contributed by atoms with Crippen LogP contribution in [0.5, 0.6) is 11.5 Å². The maximum atomic E-state index is 6.96. The number of nitrogens with zero attached hydrogens (tertiary/aromatic N) is 4. The van der Waals surface area contributed by atoms with Gasteiger partial charge in [0.25, 0.3) is 0 Å². The summed E-state index contributed by atoms with van der Waals surface area (Å²) in [6.45, 7) is 29.4. The van der Waals surface area contributed by atoms with Crippen LogP contribution >= 0.6 is 0 Å². The van der Waals surface area contributed by atoms with Crippen molar-refractivity contribution >= 4 is 44.6 Å². The van der Waals surface area contributed by atoms with Gasteiger partial charge in [0.15, 0.2) is 0 Å². The van der Waals surface area contributed by atoms with Gasteiger partial charge < -0.3 is 19.1 Å². The van der Waals surface area contributed by atoms with Gasteiger partial charge in [0.2, 0.25) is 0 Å². The Morgan fingerprint density at radius 1 is 0.641 bits per heavy atom. The Labute approximate surface area is 395 Å². The molecule has 0 spiro atoms. The minimum Gasteiger partial charge on any atom is -0.509 e. The standard InChI is InChI=1S/C58H59N4O.Pt/c1-37(2)47-20-13-14-21-48(47)40-30-44(61-36-60(53-28-38(3)39(4)29-54(53)61)43-19-17-18-41(32-43)56(5,6)7)34-46(31-40)63-45-24-25-50-49-22-15-16-23-51(49)62(52(50)35-45)55-33-42(26-27-59-55)58(11,12)57(8,9)10;/h13-33,36-37H,1-12H3;/q-3;. The van der Waals surface area contributed by atoms with Crippen molar-refractivity contribution in [3.8, 4) is 28.4 Å². The van der Waals surface area contributed by atoms with Crippen LogP contribution in [0.2, 0.25) is 0 Å². The maximum Gasteiger partial charge on any atom is 0.135 e. The van der Waals surface area contributed by atoms with Gasteiger partial charge in [-0.15, -0.1) is 53.6 Å². The van der Waals surface area contributed by atoms with E-state index in [1.807, 2.05) is 12.3 Å². The Kier molecular flexibility index (Phi) is 11.7. The molecule has 0 fully saturated rings. The zero-order valence-corrected chi connectivity index (χ0v) is 41.6. The van der Waals surface area contributed by atoms with Gasteiger partial charge in [-0.25, -0.2) is 4.98 Å². The summed E-state index contributed by atoms with van der Waals surface area (Å²) in [6, 6.07) is 51.2. The average Bonchev–Trinajstić information content (AvgIpc) is 3.78. The molecular formula is C58H59N4OPt-3. The molecule has 0 aliphatic carbocycles. The molecule has 5 nitrogen and oxygen atoms in total. The number of pyridine rings is 1. The summed E-state index contributed by atoms with van der Waals surface area (Å²) >= 11 is 0. The monoisotopic (exact) mass is 1020 g/mol. The Balaban J connectivity index is 0.00000560. The normalized spacial score (nSPS) is 13.2. The molecular weight excluding hydrogens is 964 g/mol. The average molecular weight is 1020 g/mol. The van der Waals surface area contributed by atoms with Crippen LogP contribution in [0.4, 0.5) is 22.7 Å². The van der Waals surface area contributed by atoms with E-state index in [0.29, 0.717) is 17.4 Å². The van der Waals surface area contributed by atoms with Crippen LogP contribution in [-0.2, 0) is 31.9 Å². The first-order valence-corrected chi connectivity index (χ1v) is 22.3. The zero-order valence-electron chi connectivity index (χ0n) is 39.3. The predicted molar refractivity (Wildman–Crippen MR) is 264 cm³/mol. The Hall–Kier alpha value is -5.64. The molecule has 3 heterocycles. The van der Waals surface area contributed by atoms with Crippen LogP contribution in [0.15, 0.2) is 128 Å². The first kappa shape index (κ1) is 44.9. The van der Waals surface area contributed by atoms with Gasteiger partial charge >= 0.3 is 0 Å². The van der Waals surface area contributed by atoms with Gasteiger partial charge in [-0.2, -0.15) is 6.07 Å². The molecule has 330 valence electrons. The third-order valence-electron chi connectivity index (χ3n) is 13.7. The van der Waals surface area contributed by atoms with Gasteiger partial charge in [0.05, 0.1) is 0 Å². The minimum atomic E-state index is -0.0908. The van der Waals surface area contributed by atoms with Crippen molar-refractivity contribution in [2.24, 2.45) is 5.41 Å². The zero-order chi connectivity index (χ0) is 44.6. The van der Waals surface area contributed by atoms with Crippen molar-refractivity contribution in [1.82, 2.24) is 9.55 Å². The topological polar surface area (TPSA) is 33.5 Å². The van der Waals surface area contributed by atoms with Gasteiger partial charge in [0, 0.05) is 61.3 Å². The van der Waals surface area contributed by atoms with E-state index in [2.05, 4.69) is 232 Å². The number of para-hydroxylation sites is 1. The van der Waals surface area contributed by atoms with E-state index in [0.717, 1.165) is 55.9 Å². The van der Waals surface area contributed by atoms with Crippen LogP contribution in [0.25, 0.3) is 38.8 Å². The van der Waals surface area contributed by atoms with E-state index < -0.39 is 0 Å². The largest absolute Gasteiger partial charge is 0.509 e. The van der Waals surface area contributed by atoms with Crippen molar-refractivity contribution in [3.05, 3.63) is 174 Å². The molecule has 6 heteroatoms. The van der Waals surface area contributed by atoms with E-state index in [1.165, 1.54) is 33.4 Å². The summed E-state index contributed by atoms with van der Waals surface area (Å²) in [5, 5.41) is 2.24. The number of anilines is 4. The number of ether oxygens (including phenoxy) is 1. The third-order valence-corrected chi connectivity index (χ3v) is 13.7. The SMILES string of the molecule is Cc1cc2c(cc1C)N(c1cccc(C(C)(C)C)c1)[CH-]N2c1[c-]c(Oc2[c-]c3c(cc2)c2ccccc2n3-c2cc(C(C)(C)C(C)(C)C)ccn2)cc(-c2ccccc2C(C)C)c1.[Pt]. The van der Waals surface area contributed by atoms with Gasteiger partial charge in [-0.3, -0.25) is 0 Å². The number of hydrogen-bond donors (Lipinski definition) is 0. The molecule has 0 atom stereocenters. The van der Waals surface area contributed by atoms with Crippen molar-refractivity contribution in [2.75, 3.05) is 9.80 Å². The summed E-state index contributed by atoms with van der Waals surface area (Å²) in [7, 11) is 0. The number of rotatable bonds is 8. The molecule has 64 heavy (non-hydrogen) atoms.